The Kier molecular flexibility index (Phi) is 5.29. The molecule has 1 N–H and O–H groups in total. The first kappa shape index (κ1) is 17.5. The molecule has 4 rings (SSSR count). The van der Waals surface area contributed by atoms with E-state index in [0.717, 1.165) is 63.0 Å². The van der Waals surface area contributed by atoms with Gasteiger partial charge in [-0.25, -0.2) is 0 Å². The number of nitrogens with one attached hydrogen (secondary N) is 1. The number of para-hydroxylation sites is 2. The predicted octanol–water partition coefficient (Wildman–Crippen LogP) is 0.730. The van der Waals surface area contributed by atoms with E-state index >= 15 is 0 Å². The fraction of sp³-hybridized carbons (Fsp3) is 0.444. The SMILES string of the molecule is O=CN1CCN(c2cnnc(Nc3ccccc3N3CCOCC3)n2)CC1. The van der Waals surface area contributed by atoms with E-state index in [0.29, 0.717) is 19.0 Å². The van der Waals surface area contributed by atoms with Gasteiger partial charge in [-0.05, 0) is 12.1 Å². The summed E-state index contributed by atoms with van der Waals surface area (Å²) in [6.45, 7) is 6.04. The molecule has 1 amide bonds. The molecule has 2 aliphatic rings. The average Bonchev–Trinajstić information content (AvgIpc) is 2.75. The van der Waals surface area contributed by atoms with E-state index < -0.39 is 0 Å². The van der Waals surface area contributed by atoms with Crippen LogP contribution in [0.25, 0.3) is 0 Å². The van der Waals surface area contributed by atoms with Crippen LogP contribution in [0.4, 0.5) is 23.1 Å². The lowest BCUT2D eigenvalue weighted by Crippen LogP contribution is -2.46. The Morgan fingerprint density at radius 3 is 2.56 bits per heavy atom. The average molecular weight is 369 g/mol. The van der Waals surface area contributed by atoms with Crippen LogP contribution in [-0.2, 0) is 9.53 Å². The number of benzene rings is 1. The highest BCUT2D eigenvalue weighted by Gasteiger charge is 2.19. The summed E-state index contributed by atoms with van der Waals surface area (Å²) in [7, 11) is 0. The number of nitrogens with zero attached hydrogens (tertiary/aromatic N) is 6. The Hall–Kier alpha value is -2.94. The van der Waals surface area contributed by atoms with Crippen molar-refractivity contribution in [3.63, 3.8) is 0 Å². The minimum Gasteiger partial charge on any atom is -0.378 e. The van der Waals surface area contributed by atoms with Gasteiger partial charge < -0.3 is 24.8 Å². The molecule has 27 heavy (non-hydrogen) atoms. The van der Waals surface area contributed by atoms with Gasteiger partial charge in [-0.15, -0.1) is 5.10 Å². The summed E-state index contributed by atoms with van der Waals surface area (Å²) in [4.78, 5) is 21.7. The van der Waals surface area contributed by atoms with Gasteiger partial charge in [0.2, 0.25) is 12.4 Å². The Balaban J connectivity index is 1.50. The monoisotopic (exact) mass is 369 g/mol. The summed E-state index contributed by atoms with van der Waals surface area (Å²) in [6.07, 6.45) is 2.56. The third-order valence-electron chi connectivity index (χ3n) is 4.84. The summed E-state index contributed by atoms with van der Waals surface area (Å²) < 4.78 is 5.45. The third kappa shape index (κ3) is 4.08. The molecular weight excluding hydrogens is 346 g/mol. The molecule has 0 unspecified atom stereocenters. The number of carbonyl (C=O) groups is 1. The number of amides is 1. The molecule has 0 radical (unpaired) electrons. The highest BCUT2D eigenvalue weighted by molar-refractivity contribution is 5.73. The molecule has 2 aromatic rings. The van der Waals surface area contributed by atoms with Crippen molar-refractivity contribution in [3.05, 3.63) is 30.5 Å². The molecule has 142 valence electrons. The largest absolute Gasteiger partial charge is 0.378 e. The van der Waals surface area contributed by atoms with Crippen LogP contribution in [-0.4, -0.2) is 79.0 Å². The fourth-order valence-corrected chi connectivity index (χ4v) is 3.34. The molecule has 0 atom stereocenters. The van der Waals surface area contributed by atoms with Crippen LogP contribution < -0.4 is 15.1 Å². The maximum absolute atomic E-state index is 10.9. The first-order valence-electron chi connectivity index (χ1n) is 9.16. The molecule has 2 aliphatic heterocycles. The van der Waals surface area contributed by atoms with Crippen molar-refractivity contribution in [2.75, 3.05) is 67.6 Å². The molecule has 1 aromatic heterocycles. The van der Waals surface area contributed by atoms with Gasteiger partial charge in [0.1, 0.15) is 0 Å². The van der Waals surface area contributed by atoms with Crippen LogP contribution in [0.3, 0.4) is 0 Å². The number of morpholine rings is 1. The number of rotatable bonds is 5. The second kappa shape index (κ2) is 8.17. The molecule has 1 aromatic carbocycles. The van der Waals surface area contributed by atoms with E-state index in [9.17, 15) is 4.79 Å². The zero-order chi connectivity index (χ0) is 18.5. The van der Waals surface area contributed by atoms with Crippen molar-refractivity contribution in [1.82, 2.24) is 20.1 Å². The lowest BCUT2D eigenvalue weighted by atomic mass is 10.2. The summed E-state index contributed by atoms with van der Waals surface area (Å²) in [6, 6.07) is 8.12. The van der Waals surface area contributed by atoms with Gasteiger partial charge in [0.15, 0.2) is 5.82 Å². The van der Waals surface area contributed by atoms with Gasteiger partial charge in [0, 0.05) is 39.3 Å². The zero-order valence-electron chi connectivity index (χ0n) is 15.1. The Bertz CT molecular complexity index is 774. The molecule has 9 heteroatoms. The standard InChI is InChI=1S/C18H23N7O2/c26-14-23-5-7-25(8-6-23)17-13-19-22-18(21-17)20-15-3-1-2-4-16(15)24-9-11-27-12-10-24/h1-4,13-14H,5-12H2,(H,20,21,22). The van der Waals surface area contributed by atoms with Gasteiger partial charge in [0.25, 0.3) is 0 Å². The highest BCUT2D eigenvalue weighted by Crippen LogP contribution is 2.28. The van der Waals surface area contributed by atoms with Gasteiger partial charge >= 0.3 is 0 Å². The molecule has 0 bridgehead atoms. The van der Waals surface area contributed by atoms with Crippen molar-refractivity contribution in [1.29, 1.82) is 0 Å². The van der Waals surface area contributed by atoms with E-state index in [1.807, 2.05) is 18.2 Å². The van der Waals surface area contributed by atoms with Crippen LogP contribution in [0.2, 0.25) is 0 Å². The lowest BCUT2D eigenvalue weighted by molar-refractivity contribution is -0.118. The smallest absolute Gasteiger partial charge is 0.249 e. The van der Waals surface area contributed by atoms with Crippen molar-refractivity contribution in [2.24, 2.45) is 0 Å². The Morgan fingerprint density at radius 2 is 1.78 bits per heavy atom. The molecule has 9 nitrogen and oxygen atoms in total. The number of hydrogen-bond acceptors (Lipinski definition) is 8. The summed E-state index contributed by atoms with van der Waals surface area (Å²) >= 11 is 0. The summed E-state index contributed by atoms with van der Waals surface area (Å²) in [5.74, 6) is 1.23. The van der Waals surface area contributed by atoms with Crippen molar-refractivity contribution >= 4 is 29.6 Å². The molecule has 0 saturated carbocycles. The van der Waals surface area contributed by atoms with E-state index in [-0.39, 0.29) is 0 Å². The van der Waals surface area contributed by atoms with Gasteiger partial charge in [-0.2, -0.15) is 10.1 Å². The van der Waals surface area contributed by atoms with E-state index in [1.165, 1.54) is 0 Å². The zero-order valence-corrected chi connectivity index (χ0v) is 15.1. The number of carbonyl (C=O) groups excluding carboxylic acids is 1. The molecule has 2 saturated heterocycles. The number of aromatic nitrogens is 3. The second-order valence-electron chi connectivity index (χ2n) is 6.51. The van der Waals surface area contributed by atoms with Crippen molar-refractivity contribution in [2.45, 2.75) is 0 Å². The topological polar surface area (TPSA) is 86.7 Å². The maximum Gasteiger partial charge on any atom is 0.249 e. The van der Waals surface area contributed by atoms with Crippen LogP contribution in [0.1, 0.15) is 0 Å². The molecule has 0 aliphatic carbocycles. The number of anilines is 4. The highest BCUT2D eigenvalue weighted by atomic mass is 16.5. The van der Waals surface area contributed by atoms with Crippen LogP contribution >= 0.6 is 0 Å². The molecule has 2 fully saturated rings. The normalized spacial score (nSPS) is 17.7. The van der Waals surface area contributed by atoms with Crippen molar-refractivity contribution in [3.8, 4) is 0 Å². The van der Waals surface area contributed by atoms with Crippen LogP contribution in [0, 0.1) is 0 Å². The number of ether oxygens (including phenoxy) is 1. The van der Waals surface area contributed by atoms with Crippen molar-refractivity contribution < 1.29 is 9.53 Å². The van der Waals surface area contributed by atoms with Gasteiger partial charge in [0.05, 0.1) is 30.8 Å². The van der Waals surface area contributed by atoms with Gasteiger partial charge in [-0.1, -0.05) is 12.1 Å². The second-order valence-corrected chi connectivity index (χ2v) is 6.51. The molecule has 3 heterocycles. The number of piperazine rings is 1. The van der Waals surface area contributed by atoms with Crippen LogP contribution in [0.5, 0.6) is 0 Å². The quantitative estimate of drug-likeness (QED) is 0.772. The van der Waals surface area contributed by atoms with E-state index in [4.69, 9.17) is 4.74 Å². The fourth-order valence-electron chi connectivity index (χ4n) is 3.34. The first-order chi connectivity index (χ1) is 13.3. The summed E-state index contributed by atoms with van der Waals surface area (Å²) in [5.41, 5.74) is 2.05. The minimum atomic E-state index is 0.464. The third-order valence-corrected chi connectivity index (χ3v) is 4.84. The molecule has 0 spiro atoms. The first-order valence-corrected chi connectivity index (χ1v) is 9.16. The Morgan fingerprint density at radius 1 is 1.00 bits per heavy atom. The summed E-state index contributed by atoms with van der Waals surface area (Å²) in [5, 5.41) is 11.6. The van der Waals surface area contributed by atoms with E-state index in [1.54, 1.807) is 11.1 Å². The van der Waals surface area contributed by atoms with Gasteiger partial charge in [-0.3, -0.25) is 4.79 Å². The Labute approximate surface area is 157 Å². The maximum atomic E-state index is 10.9. The minimum absolute atomic E-state index is 0.464. The molecular formula is C18H23N7O2. The van der Waals surface area contributed by atoms with Crippen LogP contribution in [0.15, 0.2) is 30.5 Å². The lowest BCUT2D eigenvalue weighted by Gasteiger charge is -2.33. The number of hydrogen-bond donors (Lipinski definition) is 1. The predicted molar refractivity (Wildman–Crippen MR) is 102 cm³/mol. The van der Waals surface area contributed by atoms with E-state index in [2.05, 4.69) is 36.4 Å².